The van der Waals surface area contributed by atoms with E-state index in [-0.39, 0.29) is 11.7 Å². The third kappa shape index (κ3) is 5.67. The molecule has 0 radical (unpaired) electrons. The molecule has 2 aromatic carbocycles. The highest BCUT2D eigenvalue weighted by atomic mass is 16.5. The van der Waals surface area contributed by atoms with Crippen LogP contribution >= 0.6 is 0 Å². The maximum atomic E-state index is 13.0. The van der Waals surface area contributed by atoms with Crippen LogP contribution in [0.1, 0.15) is 0 Å². The number of ether oxygens (including phenoxy) is 2. The van der Waals surface area contributed by atoms with Crippen molar-refractivity contribution in [1.82, 2.24) is 25.1 Å². The Bertz CT molecular complexity index is 1690. The zero-order valence-corrected chi connectivity index (χ0v) is 21.4. The topological polar surface area (TPSA) is 165 Å². The Morgan fingerprint density at radius 3 is 2.48 bits per heavy atom. The van der Waals surface area contributed by atoms with E-state index in [1.54, 1.807) is 67.9 Å². The second-order valence-corrected chi connectivity index (χ2v) is 8.27. The van der Waals surface area contributed by atoms with Crippen LogP contribution in [-0.2, 0) is 0 Å². The Kier molecular flexibility index (Phi) is 7.26. The van der Waals surface area contributed by atoms with Gasteiger partial charge in [0.1, 0.15) is 28.9 Å². The average molecular weight is 541 g/mol. The van der Waals surface area contributed by atoms with E-state index < -0.39 is 12.1 Å². The van der Waals surface area contributed by atoms with Crippen molar-refractivity contribution in [2.75, 3.05) is 30.1 Å². The molecule has 13 nitrogen and oxygen atoms in total. The number of amides is 4. The fourth-order valence-electron chi connectivity index (χ4n) is 3.83. The third-order valence-corrected chi connectivity index (χ3v) is 5.66. The number of nitrogens with one attached hydrogen (secondary N) is 4. The lowest BCUT2D eigenvalue weighted by atomic mass is 10.1. The molecule has 0 unspecified atom stereocenters. The van der Waals surface area contributed by atoms with Gasteiger partial charge in [0.05, 0.1) is 24.0 Å². The van der Waals surface area contributed by atoms with Crippen molar-refractivity contribution in [1.29, 1.82) is 0 Å². The molecule has 0 bridgehead atoms. The Hall–Kier alpha value is -5.85. The van der Waals surface area contributed by atoms with Crippen LogP contribution in [0.15, 0.2) is 79.1 Å². The van der Waals surface area contributed by atoms with E-state index in [4.69, 9.17) is 9.47 Å². The molecule has 0 aliphatic rings. The minimum absolute atomic E-state index is 0.247. The Balaban J connectivity index is 1.36. The number of carbonyl (C=O) groups excluding carboxylic acids is 2. The number of urea groups is 2. The first-order chi connectivity index (χ1) is 19.4. The Morgan fingerprint density at radius 1 is 0.875 bits per heavy atom. The molecule has 0 fully saturated rings. The molecule has 40 heavy (non-hydrogen) atoms. The van der Waals surface area contributed by atoms with Gasteiger partial charge in [0, 0.05) is 37.0 Å². The smallest absolute Gasteiger partial charge is 0.324 e. The summed E-state index contributed by atoms with van der Waals surface area (Å²) in [6.45, 7) is 0. The molecule has 0 saturated heterocycles. The number of rotatable bonds is 7. The van der Waals surface area contributed by atoms with Gasteiger partial charge in [-0.25, -0.2) is 19.3 Å². The van der Waals surface area contributed by atoms with E-state index in [9.17, 15) is 14.7 Å². The van der Waals surface area contributed by atoms with Gasteiger partial charge in [0.2, 0.25) is 5.88 Å². The van der Waals surface area contributed by atoms with Crippen molar-refractivity contribution in [2.24, 2.45) is 0 Å². The number of nitrogens with zero attached hydrogens (tertiary/aromatic N) is 4. The molecule has 3 aromatic heterocycles. The number of methoxy groups -OCH3 is 1. The van der Waals surface area contributed by atoms with Crippen LogP contribution in [-0.4, -0.2) is 51.1 Å². The summed E-state index contributed by atoms with van der Waals surface area (Å²) in [6, 6.07) is 17.5. The molecule has 0 aliphatic carbocycles. The van der Waals surface area contributed by atoms with E-state index in [1.165, 1.54) is 24.0 Å². The van der Waals surface area contributed by atoms with Crippen LogP contribution in [0.4, 0.5) is 26.9 Å². The molecule has 5 rings (SSSR count). The summed E-state index contributed by atoms with van der Waals surface area (Å²) in [5, 5.41) is 25.2. The fraction of sp³-hybridized carbons (Fsp3) is 0.0741. The average Bonchev–Trinajstić information content (AvgIpc) is 3.33. The molecule has 0 aliphatic heterocycles. The van der Waals surface area contributed by atoms with Crippen molar-refractivity contribution in [2.45, 2.75) is 0 Å². The number of anilines is 3. The van der Waals surface area contributed by atoms with Gasteiger partial charge in [-0.1, -0.05) is 0 Å². The number of pyridine rings is 2. The van der Waals surface area contributed by atoms with Crippen molar-refractivity contribution < 1.29 is 24.2 Å². The number of aromatic nitrogens is 4. The molecule has 5 aromatic rings. The molecule has 3 heterocycles. The second kappa shape index (κ2) is 11.3. The number of hydrogen-bond acceptors (Lipinski definition) is 8. The van der Waals surface area contributed by atoms with Crippen LogP contribution in [0.3, 0.4) is 0 Å². The largest absolute Gasteiger partial charge is 0.497 e. The van der Waals surface area contributed by atoms with Crippen LogP contribution in [0.5, 0.6) is 23.1 Å². The molecule has 13 heteroatoms. The molecule has 4 amide bonds. The van der Waals surface area contributed by atoms with Gasteiger partial charge in [-0.05, 0) is 54.6 Å². The van der Waals surface area contributed by atoms with E-state index in [2.05, 4.69) is 36.3 Å². The SMILES string of the molecule is CNC(=O)Nc1cc(Oc2ccc(NC(=O)Nc3cc(O)nn3-c3ccc(OC)cc3)c3ncccc23)ccn1. The fourth-order valence-corrected chi connectivity index (χ4v) is 3.83. The van der Waals surface area contributed by atoms with Gasteiger partial charge < -0.3 is 25.2 Å². The van der Waals surface area contributed by atoms with Crippen LogP contribution in [0.2, 0.25) is 0 Å². The lowest BCUT2D eigenvalue weighted by Crippen LogP contribution is -2.24. The van der Waals surface area contributed by atoms with E-state index in [1.807, 2.05) is 6.07 Å². The monoisotopic (exact) mass is 540 g/mol. The number of benzene rings is 2. The van der Waals surface area contributed by atoms with Gasteiger partial charge in [-0.3, -0.25) is 15.6 Å². The highest BCUT2D eigenvalue weighted by molar-refractivity contribution is 6.06. The van der Waals surface area contributed by atoms with Crippen molar-refractivity contribution in [3.05, 3.63) is 79.1 Å². The molecule has 0 atom stereocenters. The van der Waals surface area contributed by atoms with Crippen LogP contribution in [0.25, 0.3) is 16.6 Å². The second-order valence-electron chi connectivity index (χ2n) is 8.27. The lowest BCUT2D eigenvalue weighted by molar-refractivity contribution is 0.254. The summed E-state index contributed by atoms with van der Waals surface area (Å²) in [5.41, 5.74) is 1.52. The first-order valence-corrected chi connectivity index (χ1v) is 12.0. The highest BCUT2D eigenvalue weighted by Crippen LogP contribution is 2.34. The van der Waals surface area contributed by atoms with Gasteiger partial charge >= 0.3 is 12.1 Å². The van der Waals surface area contributed by atoms with E-state index >= 15 is 0 Å². The van der Waals surface area contributed by atoms with Gasteiger partial charge in [0.25, 0.3) is 0 Å². The zero-order valence-electron chi connectivity index (χ0n) is 21.4. The summed E-state index contributed by atoms with van der Waals surface area (Å²) < 4.78 is 12.6. The third-order valence-electron chi connectivity index (χ3n) is 5.66. The molecule has 202 valence electrons. The predicted molar refractivity (Wildman–Crippen MR) is 149 cm³/mol. The van der Waals surface area contributed by atoms with Gasteiger partial charge in [-0.2, -0.15) is 0 Å². The minimum atomic E-state index is -0.575. The van der Waals surface area contributed by atoms with Crippen molar-refractivity contribution in [3.8, 4) is 28.8 Å². The predicted octanol–water partition coefficient (Wildman–Crippen LogP) is 4.72. The molecular formula is C27H24N8O5. The summed E-state index contributed by atoms with van der Waals surface area (Å²) in [4.78, 5) is 33.1. The first-order valence-electron chi connectivity index (χ1n) is 12.0. The number of carbonyl (C=O) groups is 2. The number of aromatic hydroxyl groups is 1. The summed E-state index contributed by atoms with van der Waals surface area (Å²) in [7, 11) is 3.06. The number of fused-ring (bicyclic) bond motifs is 1. The molecule has 5 N–H and O–H groups in total. The zero-order chi connectivity index (χ0) is 28.1. The summed E-state index contributed by atoms with van der Waals surface area (Å²) in [6.07, 6.45) is 3.11. The van der Waals surface area contributed by atoms with Crippen LogP contribution in [0, 0.1) is 0 Å². The van der Waals surface area contributed by atoms with E-state index in [0.717, 1.165) is 0 Å². The number of hydrogen-bond donors (Lipinski definition) is 5. The first kappa shape index (κ1) is 25.8. The van der Waals surface area contributed by atoms with Crippen LogP contribution < -0.4 is 30.7 Å². The Labute approximate surface area is 227 Å². The van der Waals surface area contributed by atoms with Crippen molar-refractivity contribution >= 4 is 40.3 Å². The Morgan fingerprint density at radius 2 is 1.70 bits per heavy atom. The minimum Gasteiger partial charge on any atom is -0.497 e. The van der Waals surface area contributed by atoms with Gasteiger partial charge in [-0.15, -0.1) is 5.10 Å². The van der Waals surface area contributed by atoms with Gasteiger partial charge in [0.15, 0.2) is 0 Å². The lowest BCUT2D eigenvalue weighted by Gasteiger charge is -2.14. The summed E-state index contributed by atoms with van der Waals surface area (Å²) in [5.74, 6) is 1.88. The van der Waals surface area contributed by atoms with E-state index in [0.29, 0.717) is 45.3 Å². The maximum absolute atomic E-state index is 13.0. The summed E-state index contributed by atoms with van der Waals surface area (Å²) >= 11 is 0. The quantitative estimate of drug-likeness (QED) is 0.198. The normalized spacial score (nSPS) is 10.6. The molecule has 0 spiro atoms. The molecule has 0 saturated carbocycles. The maximum Gasteiger partial charge on any atom is 0.324 e. The standard InChI is InChI=1S/C27H24N8O5/c1-28-26(37)32-22-14-18(11-13-29-22)40-21-10-9-20(25-19(21)4-3-12-30-25)31-27(38)33-23-15-24(36)34-35(23)16-5-7-17(39-2)8-6-16/h3-15H,1-2H3,(H,34,36)(H2,31,33,38)(H2,28,29,32,37). The highest BCUT2D eigenvalue weighted by Gasteiger charge is 2.15. The molecular weight excluding hydrogens is 516 g/mol. The van der Waals surface area contributed by atoms with Crippen molar-refractivity contribution in [3.63, 3.8) is 0 Å².